The second-order valence-electron chi connectivity index (χ2n) is 5.85. The van der Waals surface area contributed by atoms with Crippen molar-refractivity contribution in [2.24, 2.45) is 0 Å². The highest BCUT2D eigenvalue weighted by atomic mass is 35.5. The normalized spacial score (nSPS) is 13.2. The van der Waals surface area contributed by atoms with Crippen LogP contribution in [0.1, 0.15) is 28.4 Å². The van der Waals surface area contributed by atoms with Crippen molar-refractivity contribution in [1.82, 2.24) is 4.90 Å². The van der Waals surface area contributed by atoms with Gasteiger partial charge in [0.1, 0.15) is 0 Å². The molecule has 0 spiro atoms. The number of benzene rings is 2. The third-order valence-electron chi connectivity index (χ3n) is 4.23. The molecule has 132 valence electrons. The van der Waals surface area contributed by atoms with Crippen LogP contribution in [0.5, 0.6) is 0 Å². The summed E-state index contributed by atoms with van der Waals surface area (Å²) in [6, 6.07) is 11.3. The predicted octanol–water partition coefficient (Wildman–Crippen LogP) is 4.60. The van der Waals surface area contributed by atoms with Gasteiger partial charge in [-0.2, -0.15) is 0 Å². The van der Waals surface area contributed by atoms with Gasteiger partial charge in [-0.3, -0.25) is 4.79 Å². The van der Waals surface area contributed by atoms with Gasteiger partial charge in [-0.25, -0.2) is 0 Å². The Balaban J connectivity index is 1.68. The monoisotopic (exact) mass is 378 g/mol. The maximum Gasteiger partial charge on any atom is 0.254 e. The van der Waals surface area contributed by atoms with Crippen molar-refractivity contribution in [3.63, 3.8) is 0 Å². The van der Waals surface area contributed by atoms with Gasteiger partial charge in [0, 0.05) is 53.1 Å². The topological polar surface area (TPSA) is 41.6 Å². The van der Waals surface area contributed by atoms with E-state index in [1.54, 1.807) is 0 Å². The van der Waals surface area contributed by atoms with Gasteiger partial charge in [0.2, 0.25) is 0 Å². The Morgan fingerprint density at radius 1 is 1.20 bits per heavy atom. The fourth-order valence-electron chi connectivity index (χ4n) is 2.86. The van der Waals surface area contributed by atoms with Crippen LogP contribution >= 0.6 is 23.2 Å². The lowest BCUT2D eigenvalue weighted by Gasteiger charge is -2.14. The first-order valence-corrected chi connectivity index (χ1v) is 9.02. The van der Waals surface area contributed by atoms with Gasteiger partial charge in [-0.1, -0.05) is 35.3 Å². The molecule has 1 heterocycles. The molecule has 1 aliphatic heterocycles. The van der Waals surface area contributed by atoms with E-state index in [-0.39, 0.29) is 5.91 Å². The van der Waals surface area contributed by atoms with Gasteiger partial charge in [-0.05, 0) is 36.8 Å². The average Bonchev–Trinajstić information content (AvgIpc) is 2.91. The van der Waals surface area contributed by atoms with E-state index in [1.165, 1.54) is 0 Å². The number of anilines is 1. The molecule has 1 N–H and O–H groups in total. The summed E-state index contributed by atoms with van der Waals surface area (Å²) < 4.78 is 5.35. The largest absolute Gasteiger partial charge is 0.381 e. The molecule has 0 saturated heterocycles. The minimum Gasteiger partial charge on any atom is -0.381 e. The molecule has 0 fully saturated rings. The van der Waals surface area contributed by atoms with Crippen LogP contribution in [0.2, 0.25) is 10.0 Å². The molecule has 2 aromatic rings. The zero-order chi connectivity index (χ0) is 17.8. The van der Waals surface area contributed by atoms with E-state index in [4.69, 9.17) is 27.9 Å². The number of halogens is 2. The molecule has 25 heavy (non-hydrogen) atoms. The van der Waals surface area contributed by atoms with E-state index in [2.05, 4.69) is 5.32 Å². The Bertz CT molecular complexity index is 760. The number of carbonyl (C=O) groups excluding carboxylic acids is 1. The van der Waals surface area contributed by atoms with Crippen LogP contribution in [0.15, 0.2) is 36.4 Å². The van der Waals surface area contributed by atoms with Crippen LogP contribution < -0.4 is 5.32 Å². The van der Waals surface area contributed by atoms with E-state index >= 15 is 0 Å². The van der Waals surface area contributed by atoms with Crippen LogP contribution in [0, 0.1) is 0 Å². The van der Waals surface area contributed by atoms with Crippen molar-refractivity contribution in [3.05, 3.63) is 63.1 Å². The molecule has 3 rings (SSSR count). The van der Waals surface area contributed by atoms with E-state index in [0.29, 0.717) is 42.9 Å². The van der Waals surface area contributed by atoms with Crippen LogP contribution in [0.4, 0.5) is 5.69 Å². The molecule has 0 bridgehead atoms. The number of nitrogens with zero attached hydrogens (tertiary/aromatic N) is 1. The SMILES string of the molecule is CCOCCN1Cc2ccc(NCc3c(Cl)cccc3Cl)cc2C1=O. The first-order chi connectivity index (χ1) is 12.1. The number of hydrogen-bond donors (Lipinski definition) is 1. The molecule has 6 heteroatoms. The molecule has 0 unspecified atom stereocenters. The lowest BCUT2D eigenvalue weighted by Crippen LogP contribution is -2.27. The molecule has 0 atom stereocenters. The van der Waals surface area contributed by atoms with Gasteiger partial charge in [0.15, 0.2) is 0 Å². The Morgan fingerprint density at radius 2 is 1.96 bits per heavy atom. The van der Waals surface area contributed by atoms with E-state index in [9.17, 15) is 4.79 Å². The van der Waals surface area contributed by atoms with Gasteiger partial charge < -0.3 is 15.0 Å². The smallest absolute Gasteiger partial charge is 0.254 e. The van der Waals surface area contributed by atoms with E-state index < -0.39 is 0 Å². The maximum atomic E-state index is 12.5. The summed E-state index contributed by atoms with van der Waals surface area (Å²) in [4.78, 5) is 14.3. The fourth-order valence-corrected chi connectivity index (χ4v) is 3.39. The Morgan fingerprint density at radius 3 is 2.68 bits per heavy atom. The molecule has 0 saturated carbocycles. The second kappa shape index (κ2) is 8.09. The van der Waals surface area contributed by atoms with Crippen molar-refractivity contribution >= 4 is 34.8 Å². The number of carbonyl (C=O) groups is 1. The summed E-state index contributed by atoms with van der Waals surface area (Å²) in [5.74, 6) is 0.0501. The van der Waals surface area contributed by atoms with Crippen molar-refractivity contribution < 1.29 is 9.53 Å². The zero-order valence-corrected chi connectivity index (χ0v) is 15.5. The van der Waals surface area contributed by atoms with Crippen molar-refractivity contribution in [1.29, 1.82) is 0 Å². The van der Waals surface area contributed by atoms with Crippen LogP contribution in [0.25, 0.3) is 0 Å². The Hall–Kier alpha value is -1.75. The van der Waals surface area contributed by atoms with Crippen LogP contribution in [-0.2, 0) is 17.8 Å². The number of amides is 1. The summed E-state index contributed by atoms with van der Waals surface area (Å²) in [6.45, 7) is 4.92. The summed E-state index contributed by atoms with van der Waals surface area (Å²) >= 11 is 12.4. The lowest BCUT2D eigenvalue weighted by molar-refractivity contribution is 0.0680. The Labute approximate surface area is 157 Å². The molecule has 2 aromatic carbocycles. The molecule has 0 aliphatic carbocycles. The summed E-state index contributed by atoms with van der Waals surface area (Å²) in [6.07, 6.45) is 0. The van der Waals surface area contributed by atoms with Crippen molar-refractivity contribution in [2.75, 3.05) is 25.1 Å². The number of rotatable bonds is 7. The van der Waals surface area contributed by atoms with Gasteiger partial charge in [0.05, 0.1) is 6.61 Å². The second-order valence-corrected chi connectivity index (χ2v) is 6.66. The fraction of sp³-hybridized carbons (Fsp3) is 0.316. The highest BCUT2D eigenvalue weighted by molar-refractivity contribution is 6.36. The number of fused-ring (bicyclic) bond motifs is 1. The van der Waals surface area contributed by atoms with Crippen molar-refractivity contribution in [3.8, 4) is 0 Å². The third kappa shape index (κ3) is 4.09. The van der Waals surface area contributed by atoms with Crippen LogP contribution in [0.3, 0.4) is 0 Å². The standard InChI is InChI=1S/C19H20Cl2N2O2/c1-2-25-9-8-23-12-13-6-7-14(10-15(13)19(23)24)22-11-16-17(20)4-3-5-18(16)21/h3-7,10,22H,2,8-9,11-12H2,1H3. The molecule has 0 radical (unpaired) electrons. The third-order valence-corrected chi connectivity index (χ3v) is 4.94. The predicted molar refractivity (Wildman–Crippen MR) is 101 cm³/mol. The minimum absolute atomic E-state index is 0.0501. The molecule has 4 nitrogen and oxygen atoms in total. The van der Waals surface area contributed by atoms with Gasteiger partial charge >= 0.3 is 0 Å². The quantitative estimate of drug-likeness (QED) is 0.715. The highest BCUT2D eigenvalue weighted by Gasteiger charge is 2.27. The van der Waals surface area contributed by atoms with E-state index in [0.717, 1.165) is 22.4 Å². The number of ether oxygens (including phenoxy) is 1. The van der Waals surface area contributed by atoms with Crippen LogP contribution in [-0.4, -0.2) is 30.6 Å². The maximum absolute atomic E-state index is 12.5. The summed E-state index contributed by atoms with van der Waals surface area (Å²) in [5, 5.41) is 4.54. The first kappa shape index (κ1) is 18.1. The molecule has 0 aromatic heterocycles. The Kier molecular flexibility index (Phi) is 5.84. The summed E-state index contributed by atoms with van der Waals surface area (Å²) in [5.41, 5.74) is 3.50. The zero-order valence-electron chi connectivity index (χ0n) is 14.0. The average molecular weight is 379 g/mol. The first-order valence-electron chi connectivity index (χ1n) is 8.27. The number of nitrogens with one attached hydrogen (secondary N) is 1. The molecule has 1 amide bonds. The minimum atomic E-state index is 0.0501. The van der Waals surface area contributed by atoms with Crippen molar-refractivity contribution in [2.45, 2.75) is 20.0 Å². The number of hydrogen-bond acceptors (Lipinski definition) is 3. The molecule has 1 aliphatic rings. The van der Waals surface area contributed by atoms with Gasteiger partial charge in [0.25, 0.3) is 5.91 Å². The summed E-state index contributed by atoms with van der Waals surface area (Å²) in [7, 11) is 0. The molecular weight excluding hydrogens is 359 g/mol. The molecular formula is C19H20Cl2N2O2. The highest BCUT2D eigenvalue weighted by Crippen LogP contribution is 2.28. The lowest BCUT2D eigenvalue weighted by atomic mass is 10.1. The van der Waals surface area contributed by atoms with Gasteiger partial charge in [-0.15, -0.1) is 0 Å². The van der Waals surface area contributed by atoms with E-state index in [1.807, 2.05) is 48.2 Å².